The van der Waals surface area contributed by atoms with Gasteiger partial charge in [0, 0.05) is 11.1 Å². The van der Waals surface area contributed by atoms with Crippen LogP contribution in [0.1, 0.15) is 17.0 Å². The minimum absolute atomic E-state index is 0.488. The Kier molecular flexibility index (Phi) is 6.29. The highest BCUT2D eigenvalue weighted by molar-refractivity contribution is 6.09. The summed E-state index contributed by atoms with van der Waals surface area (Å²) in [4.78, 5) is 4.98. The molecule has 6 heteroatoms. The summed E-state index contributed by atoms with van der Waals surface area (Å²) in [7, 11) is 7.07. The molecule has 1 unspecified atom stereocenters. The number of aryl methyl sites for hydroxylation is 2. The van der Waals surface area contributed by atoms with E-state index in [1.165, 1.54) is 0 Å². The topological polar surface area (TPSA) is 59.9 Å². The van der Waals surface area contributed by atoms with Crippen molar-refractivity contribution in [2.45, 2.75) is 5.60 Å². The number of nitrogens with zero attached hydrogens (tertiary/aromatic N) is 3. The third-order valence-electron chi connectivity index (χ3n) is 5.70. The molecule has 1 heterocycles. The highest BCUT2D eigenvalue weighted by Gasteiger charge is 2.47. The summed E-state index contributed by atoms with van der Waals surface area (Å²) < 4.78 is 14.6. The van der Waals surface area contributed by atoms with Crippen LogP contribution in [-0.2, 0) is 19.7 Å². The summed E-state index contributed by atoms with van der Waals surface area (Å²) in [5.41, 5.74) is 1.05. The van der Waals surface area contributed by atoms with Crippen molar-refractivity contribution in [2.24, 2.45) is 19.1 Å². The van der Waals surface area contributed by atoms with Crippen LogP contribution in [0.25, 0.3) is 0 Å². The van der Waals surface area contributed by atoms with Crippen LogP contribution in [0.5, 0.6) is 11.5 Å². The van der Waals surface area contributed by atoms with Crippen LogP contribution in [0.2, 0.25) is 0 Å². The fourth-order valence-electron chi connectivity index (χ4n) is 4.06. The van der Waals surface area contributed by atoms with E-state index < -0.39 is 5.60 Å². The lowest BCUT2D eigenvalue weighted by molar-refractivity contribution is -0.683. The molecule has 0 radical (unpaired) electrons. The molecule has 0 aliphatic rings. The predicted molar refractivity (Wildman–Crippen MR) is 128 cm³/mol. The number of imidazole rings is 1. The van der Waals surface area contributed by atoms with Gasteiger partial charge in [-0.3, -0.25) is 0 Å². The van der Waals surface area contributed by atoms with Crippen molar-refractivity contribution >= 4 is 11.4 Å². The molecule has 1 N–H and O–H groups in total. The Hall–Kier alpha value is -3.90. The van der Waals surface area contributed by atoms with Gasteiger partial charge in [0.25, 0.3) is 5.82 Å². The predicted octanol–water partition coefficient (Wildman–Crippen LogP) is 3.92. The van der Waals surface area contributed by atoms with Crippen molar-refractivity contribution in [1.29, 1.82) is 0 Å². The summed E-state index contributed by atoms with van der Waals surface area (Å²) in [6.45, 7) is 0. The van der Waals surface area contributed by atoms with Crippen LogP contribution < -0.4 is 14.0 Å². The second kappa shape index (κ2) is 9.30. The Morgan fingerprint density at radius 3 is 2.21 bits per heavy atom. The zero-order valence-electron chi connectivity index (χ0n) is 19.3. The van der Waals surface area contributed by atoms with Gasteiger partial charge in [-0.1, -0.05) is 30.3 Å². The average Bonchev–Trinajstić information content (AvgIpc) is 3.21. The third kappa shape index (κ3) is 4.25. The van der Waals surface area contributed by atoms with Crippen molar-refractivity contribution < 1.29 is 19.1 Å². The number of aliphatic hydroxyl groups is 1. The number of hydrogen-bond donors (Lipinski definition) is 1. The van der Waals surface area contributed by atoms with Gasteiger partial charge in [-0.2, -0.15) is 0 Å². The van der Waals surface area contributed by atoms with Crippen LogP contribution in [0, 0.1) is 0 Å². The fourth-order valence-corrected chi connectivity index (χ4v) is 4.06. The molecular weight excluding hydrogens is 414 g/mol. The fraction of sp³-hybridized carbons (Fsp3) is 0.185. The molecule has 4 aromatic rings. The maximum absolute atomic E-state index is 12.7. The van der Waals surface area contributed by atoms with Crippen molar-refractivity contribution in [2.75, 3.05) is 14.2 Å². The average molecular weight is 443 g/mol. The smallest absolute Gasteiger partial charge is 0.299 e. The van der Waals surface area contributed by atoms with Crippen LogP contribution >= 0.6 is 0 Å². The largest absolute Gasteiger partial charge is 0.497 e. The standard InChI is InChI=1S/C27H28N3O3/c1-29-17-18-30(2)26(29)27(31,21-9-8-12-24(19-21)33-4)25(28-22-10-6-5-7-11-22)20-13-15-23(32-3)16-14-20/h5-19,31H,1-4H3/q+1. The van der Waals surface area contributed by atoms with Gasteiger partial charge < -0.3 is 14.6 Å². The second-order valence-electron chi connectivity index (χ2n) is 7.81. The number of hydrogen-bond acceptors (Lipinski definition) is 4. The molecule has 3 aromatic carbocycles. The first-order chi connectivity index (χ1) is 16.0. The molecular formula is C27H28N3O3+. The minimum Gasteiger partial charge on any atom is -0.497 e. The molecule has 0 saturated heterocycles. The highest BCUT2D eigenvalue weighted by atomic mass is 16.5. The Morgan fingerprint density at radius 1 is 0.909 bits per heavy atom. The summed E-state index contributed by atoms with van der Waals surface area (Å²) in [6.07, 6.45) is 3.82. The van der Waals surface area contributed by atoms with Crippen molar-refractivity contribution in [1.82, 2.24) is 4.57 Å². The Bertz CT molecular complexity index is 1240. The van der Waals surface area contributed by atoms with Gasteiger partial charge in [-0.25, -0.2) is 14.1 Å². The number of rotatable bonds is 7. The molecule has 0 amide bonds. The van der Waals surface area contributed by atoms with E-state index in [1.807, 2.05) is 114 Å². The van der Waals surface area contributed by atoms with Gasteiger partial charge >= 0.3 is 0 Å². The van der Waals surface area contributed by atoms with Gasteiger partial charge in [-0.05, 0) is 48.5 Å². The summed E-state index contributed by atoms with van der Waals surface area (Å²) >= 11 is 0. The number of para-hydroxylation sites is 1. The van der Waals surface area contributed by atoms with E-state index in [4.69, 9.17) is 14.5 Å². The van der Waals surface area contributed by atoms with Crippen LogP contribution in [-0.4, -0.2) is 29.6 Å². The van der Waals surface area contributed by atoms with E-state index in [2.05, 4.69) is 0 Å². The third-order valence-corrected chi connectivity index (χ3v) is 5.70. The minimum atomic E-state index is -1.59. The Morgan fingerprint density at radius 2 is 1.61 bits per heavy atom. The molecule has 33 heavy (non-hydrogen) atoms. The number of methoxy groups -OCH3 is 2. The van der Waals surface area contributed by atoms with Crippen LogP contribution in [0.3, 0.4) is 0 Å². The SMILES string of the molecule is COc1ccc(C(=Nc2ccccc2)C(O)(c2cccc(OC)c2)c2n(C)cc[n+]2C)cc1. The van der Waals surface area contributed by atoms with E-state index >= 15 is 0 Å². The lowest BCUT2D eigenvalue weighted by Crippen LogP contribution is -2.49. The number of aliphatic imine (C=N–C) groups is 1. The van der Waals surface area contributed by atoms with Crippen molar-refractivity contribution in [3.8, 4) is 11.5 Å². The van der Waals surface area contributed by atoms with E-state index in [1.54, 1.807) is 14.2 Å². The first-order valence-corrected chi connectivity index (χ1v) is 10.6. The summed E-state index contributed by atoms with van der Waals surface area (Å²) in [5.74, 6) is 2.03. The highest BCUT2D eigenvalue weighted by Crippen LogP contribution is 2.35. The molecule has 4 rings (SSSR count). The first kappa shape index (κ1) is 22.3. The molecule has 0 spiro atoms. The van der Waals surface area contributed by atoms with Gasteiger partial charge in [-0.15, -0.1) is 0 Å². The number of ether oxygens (including phenoxy) is 2. The molecule has 0 saturated carbocycles. The van der Waals surface area contributed by atoms with Crippen molar-refractivity contribution in [3.05, 3.63) is 108 Å². The lowest BCUT2D eigenvalue weighted by atomic mass is 9.83. The number of aromatic nitrogens is 2. The molecule has 1 aromatic heterocycles. The molecule has 168 valence electrons. The molecule has 6 nitrogen and oxygen atoms in total. The van der Waals surface area contributed by atoms with E-state index in [9.17, 15) is 5.11 Å². The summed E-state index contributed by atoms with van der Waals surface area (Å²) in [5, 5.41) is 12.7. The lowest BCUT2D eigenvalue weighted by Gasteiger charge is -2.28. The summed E-state index contributed by atoms with van der Waals surface area (Å²) in [6, 6.07) is 24.7. The zero-order chi connectivity index (χ0) is 23.4. The maximum atomic E-state index is 12.7. The molecule has 0 aliphatic carbocycles. The van der Waals surface area contributed by atoms with E-state index in [0.29, 0.717) is 22.8 Å². The monoisotopic (exact) mass is 442 g/mol. The maximum Gasteiger partial charge on any atom is 0.299 e. The van der Waals surface area contributed by atoms with Crippen LogP contribution in [0.15, 0.2) is 96.2 Å². The molecule has 1 atom stereocenters. The van der Waals surface area contributed by atoms with Gasteiger partial charge in [0.2, 0.25) is 5.60 Å². The Labute approximate surface area is 194 Å². The molecule has 0 aliphatic heterocycles. The quantitative estimate of drug-likeness (QED) is 0.349. The molecule has 0 fully saturated rings. The van der Waals surface area contributed by atoms with Gasteiger partial charge in [0.05, 0.1) is 39.7 Å². The first-order valence-electron chi connectivity index (χ1n) is 10.6. The zero-order valence-corrected chi connectivity index (χ0v) is 19.3. The second-order valence-corrected chi connectivity index (χ2v) is 7.81. The van der Waals surface area contributed by atoms with E-state index in [0.717, 1.165) is 17.0 Å². The van der Waals surface area contributed by atoms with Crippen molar-refractivity contribution in [3.63, 3.8) is 0 Å². The Balaban J connectivity index is 2.06. The van der Waals surface area contributed by atoms with Crippen LogP contribution in [0.4, 0.5) is 5.69 Å². The van der Waals surface area contributed by atoms with E-state index in [-0.39, 0.29) is 0 Å². The van der Waals surface area contributed by atoms with Gasteiger partial charge in [0.1, 0.15) is 23.9 Å². The molecule has 0 bridgehead atoms. The van der Waals surface area contributed by atoms with Gasteiger partial charge in [0.15, 0.2) is 0 Å². The number of benzene rings is 3. The normalized spacial score (nSPS) is 13.4.